The van der Waals surface area contributed by atoms with Crippen molar-refractivity contribution in [2.75, 3.05) is 31.2 Å². The lowest BCUT2D eigenvalue weighted by atomic mass is 10.4. The topological polar surface area (TPSA) is 65.5 Å². The molecule has 1 fully saturated rings. The highest BCUT2D eigenvalue weighted by molar-refractivity contribution is 7.17. The number of hydrogen-bond acceptors (Lipinski definition) is 6. The van der Waals surface area contributed by atoms with E-state index >= 15 is 0 Å². The SMILES string of the molecule is Cc1nc(N2CCOCC2)sc1C(=O)[O-]. The summed E-state index contributed by atoms with van der Waals surface area (Å²) >= 11 is 1.17. The molecule has 0 saturated carbocycles. The smallest absolute Gasteiger partial charge is 0.186 e. The van der Waals surface area contributed by atoms with Crippen molar-refractivity contribution >= 4 is 22.4 Å². The fourth-order valence-corrected chi connectivity index (χ4v) is 2.41. The van der Waals surface area contributed by atoms with Crippen molar-refractivity contribution in [2.24, 2.45) is 0 Å². The highest BCUT2D eigenvalue weighted by Gasteiger charge is 2.16. The van der Waals surface area contributed by atoms with E-state index < -0.39 is 5.97 Å². The summed E-state index contributed by atoms with van der Waals surface area (Å²) in [5.41, 5.74) is 0.529. The lowest BCUT2D eigenvalue weighted by molar-refractivity contribution is -0.254. The summed E-state index contributed by atoms with van der Waals surface area (Å²) in [5, 5.41) is 11.5. The van der Waals surface area contributed by atoms with E-state index in [0.29, 0.717) is 18.9 Å². The molecule has 0 bridgehead atoms. The molecule has 1 aliphatic heterocycles. The Bertz CT molecular complexity index is 371. The van der Waals surface area contributed by atoms with Crippen LogP contribution in [0.25, 0.3) is 0 Å². The maximum Gasteiger partial charge on any atom is 0.186 e. The van der Waals surface area contributed by atoms with Crippen LogP contribution >= 0.6 is 11.3 Å². The molecule has 15 heavy (non-hydrogen) atoms. The van der Waals surface area contributed by atoms with Crippen LogP contribution in [0.4, 0.5) is 5.13 Å². The number of thiazole rings is 1. The summed E-state index contributed by atoms with van der Waals surface area (Å²) in [5.74, 6) is -1.15. The molecule has 2 rings (SSSR count). The van der Waals surface area contributed by atoms with Gasteiger partial charge in [-0.15, -0.1) is 0 Å². The molecule has 1 aromatic rings. The minimum atomic E-state index is -1.15. The molecule has 1 aliphatic rings. The normalized spacial score (nSPS) is 16.7. The third kappa shape index (κ3) is 2.10. The van der Waals surface area contributed by atoms with Gasteiger partial charge in [0, 0.05) is 13.1 Å². The van der Waals surface area contributed by atoms with Gasteiger partial charge in [0.05, 0.1) is 29.8 Å². The third-order valence-electron chi connectivity index (χ3n) is 2.25. The fourth-order valence-electron chi connectivity index (χ4n) is 1.46. The minimum Gasteiger partial charge on any atom is -0.544 e. The number of ether oxygens (including phenoxy) is 1. The molecule has 2 heterocycles. The van der Waals surface area contributed by atoms with E-state index in [1.54, 1.807) is 6.92 Å². The number of morpholine rings is 1. The van der Waals surface area contributed by atoms with Crippen molar-refractivity contribution in [1.29, 1.82) is 0 Å². The molecular weight excluding hydrogens is 216 g/mol. The van der Waals surface area contributed by atoms with Gasteiger partial charge in [-0.2, -0.15) is 0 Å². The second-order valence-electron chi connectivity index (χ2n) is 3.30. The van der Waals surface area contributed by atoms with Crippen molar-refractivity contribution < 1.29 is 14.6 Å². The van der Waals surface area contributed by atoms with Crippen molar-refractivity contribution in [1.82, 2.24) is 4.98 Å². The number of carboxylic acid groups (broad SMARTS) is 1. The van der Waals surface area contributed by atoms with Crippen LogP contribution < -0.4 is 10.0 Å². The van der Waals surface area contributed by atoms with E-state index in [0.717, 1.165) is 18.2 Å². The molecule has 82 valence electrons. The zero-order valence-corrected chi connectivity index (χ0v) is 9.17. The van der Waals surface area contributed by atoms with Gasteiger partial charge in [-0.25, -0.2) is 4.98 Å². The lowest BCUT2D eigenvalue weighted by Gasteiger charge is -2.26. The van der Waals surface area contributed by atoms with Crippen molar-refractivity contribution in [2.45, 2.75) is 6.92 Å². The zero-order valence-electron chi connectivity index (χ0n) is 8.36. The molecule has 5 nitrogen and oxygen atoms in total. The summed E-state index contributed by atoms with van der Waals surface area (Å²) in [6.07, 6.45) is 0. The van der Waals surface area contributed by atoms with E-state index in [1.807, 2.05) is 4.90 Å². The molecule has 1 saturated heterocycles. The van der Waals surface area contributed by atoms with Crippen LogP contribution in [0.1, 0.15) is 15.4 Å². The Morgan fingerprint density at radius 1 is 1.53 bits per heavy atom. The zero-order chi connectivity index (χ0) is 10.8. The first-order valence-corrected chi connectivity index (χ1v) is 5.51. The number of aromatic nitrogens is 1. The number of aryl methyl sites for hydroxylation is 1. The Balaban J connectivity index is 2.21. The number of anilines is 1. The Labute approximate surface area is 91.3 Å². The Kier molecular flexibility index (Phi) is 2.88. The van der Waals surface area contributed by atoms with E-state index in [9.17, 15) is 9.90 Å². The molecule has 1 aromatic heterocycles. The van der Waals surface area contributed by atoms with Gasteiger partial charge in [-0.05, 0) is 6.92 Å². The van der Waals surface area contributed by atoms with E-state index in [4.69, 9.17) is 4.74 Å². The van der Waals surface area contributed by atoms with Gasteiger partial charge < -0.3 is 19.5 Å². The quantitative estimate of drug-likeness (QED) is 0.691. The highest BCUT2D eigenvalue weighted by Crippen LogP contribution is 2.25. The first-order valence-electron chi connectivity index (χ1n) is 4.70. The van der Waals surface area contributed by atoms with E-state index in [-0.39, 0.29) is 4.88 Å². The van der Waals surface area contributed by atoms with Crippen LogP contribution in [0, 0.1) is 6.92 Å². The first-order chi connectivity index (χ1) is 7.18. The molecule has 0 N–H and O–H groups in total. The number of hydrogen-bond donors (Lipinski definition) is 0. The molecule has 0 amide bonds. The predicted octanol–water partition coefficient (Wildman–Crippen LogP) is -0.348. The maximum atomic E-state index is 10.7. The second kappa shape index (κ2) is 4.16. The van der Waals surface area contributed by atoms with Crippen LogP contribution in [-0.4, -0.2) is 37.3 Å². The average molecular weight is 227 g/mol. The maximum absolute atomic E-state index is 10.7. The van der Waals surface area contributed by atoms with E-state index in [2.05, 4.69) is 4.98 Å². The molecule has 0 radical (unpaired) electrons. The first kappa shape index (κ1) is 10.4. The van der Waals surface area contributed by atoms with Crippen LogP contribution in [0.3, 0.4) is 0 Å². The second-order valence-corrected chi connectivity index (χ2v) is 4.28. The minimum absolute atomic E-state index is 0.219. The third-order valence-corrected chi connectivity index (χ3v) is 3.45. The number of carbonyl (C=O) groups is 1. The Hall–Kier alpha value is -1.14. The largest absolute Gasteiger partial charge is 0.544 e. The predicted molar refractivity (Wildman–Crippen MR) is 54.2 cm³/mol. The fraction of sp³-hybridized carbons (Fsp3) is 0.556. The van der Waals surface area contributed by atoms with Crippen LogP contribution in [0.5, 0.6) is 0 Å². The summed E-state index contributed by atoms with van der Waals surface area (Å²) in [4.78, 5) is 17.2. The molecule has 0 unspecified atom stereocenters. The summed E-state index contributed by atoms with van der Waals surface area (Å²) in [6.45, 7) is 4.54. The Morgan fingerprint density at radius 2 is 2.20 bits per heavy atom. The van der Waals surface area contributed by atoms with Crippen LogP contribution in [0.2, 0.25) is 0 Å². The van der Waals surface area contributed by atoms with Gasteiger partial charge in [0.15, 0.2) is 5.13 Å². The molecular formula is C9H11N2O3S-. The van der Waals surface area contributed by atoms with Crippen LogP contribution in [-0.2, 0) is 4.74 Å². The number of nitrogens with zero attached hydrogens (tertiary/aromatic N) is 2. The molecule has 0 aliphatic carbocycles. The number of aromatic carboxylic acids is 1. The van der Waals surface area contributed by atoms with Gasteiger partial charge in [-0.1, -0.05) is 11.3 Å². The standard InChI is InChI=1S/C9H12N2O3S/c1-6-7(8(12)13)15-9(10-6)11-2-4-14-5-3-11/h2-5H2,1H3,(H,12,13)/p-1. The van der Waals surface area contributed by atoms with Gasteiger partial charge in [-0.3, -0.25) is 0 Å². The number of rotatable bonds is 2. The summed E-state index contributed by atoms with van der Waals surface area (Å²) < 4.78 is 5.21. The Morgan fingerprint density at radius 3 is 2.73 bits per heavy atom. The highest BCUT2D eigenvalue weighted by atomic mass is 32.1. The molecule has 0 aromatic carbocycles. The summed E-state index contributed by atoms with van der Waals surface area (Å²) in [6, 6.07) is 0. The van der Waals surface area contributed by atoms with Gasteiger partial charge >= 0.3 is 0 Å². The van der Waals surface area contributed by atoms with E-state index in [1.165, 1.54) is 11.3 Å². The van der Waals surface area contributed by atoms with Crippen molar-refractivity contribution in [3.05, 3.63) is 10.6 Å². The lowest BCUT2D eigenvalue weighted by Crippen LogP contribution is -2.36. The monoisotopic (exact) mass is 227 g/mol. The summed E-state index contributed by atoms with van der Waals surface area (Å²) in [7, 11) is 0. The average Bonchev–Trinajstić information content (AvgIpc) is 2.62. The number of carboxylic acids is 1. The number of carbonyl (C=O) groups excluding carboxylic acids is 1. The van der Waals surface area contributed by atoms with Gasteiger partial charge in [0.1, 0.15) is 0 Å². The van der Waals surface area contributed by atoms with Crippen molar-refractivity contribution in [3.63, 3.8) is 0 Å². The van der Waals surface area contributed by atoms with Crippen molar-refractivity contribution in [3.8, 4) is 0 Å². The molecule has 0 atom stereocenters. The van der Waals surface area contributed by atoms with Gasteiger partial charge in [0.2, 0.25) is 0 Å². The molecule has 6 heteroatoms. The molecule has 0 spiro atoms. The van der Waals surface area contributed by atoms with Crippen LogP contribution in [0.15, 0.2) is 0 Å². The van der Waals surface area contributed by atoms with Gasteiger partial charge in [0.25, 0.3) is 0 Å².